The summed E-state index contributed by atoms with van der Waals surface area (Å²) in [5.41, 5.74) is 0.441. The van der Waals surface area contributed by atoms with Crippen LogP contribution in [0.4, 0.5) is 0 Å². The molecule has 1 N–H and O–H groups in total. The minimum Gasteiger partial charge on any atom is -0.477 e. The fourth-order valence-electron chi connectivity index (χ4n) is 1.76. The number of nitrogens with zero attached hydrogens (tertiary/aromatic N) is 3. The van der Waals surface area contributed by atoms with E-state index in [4.69, 9.17) is 4.74 Å². The molecule has 0 aromatic carbocycles. The Labute approximate surface area is 100 Å². The molecular formula is C11H16N4O2. The van der Waals surface area contributed by atoms with E-state index >= 15 is 0 Å². The van der Waals surface area contributed by atoms with Crippen molar-refractivity contribution in [1.82, 2.24) is 20.2 Å². The first-order chi connectivity index (χ1) is 8.33. The van der Waals surface area contributed by atoms with Gasteiger partial charge in [0.15, 0.2) is 0 Å². The molecule has 6 nitrogen and oxygen atoms in total. The Hall–Kier alpha value is -1.69. The Balaban J connectivity index is 2.17. The summed E-state index contributed by atoms with van der Waals surface area (Å²) < 4.78 is 5.33. The van der Waals surface area contributed by atoms with Crippen molar-refractivity contribution < 1.29 is 9.53 Å². The van der Waals surface area contributed by atoms with Crippen LogP contribution in [0.5, 0.6) is 5.88 Å². The van der Waals surface area contributed by atoms with Gasteiger partial charge in [0.2, 0.25) is 5.88 Å². The molecule has 17 heavy (non-hydrogen) atoms. The number of aromatic nitrogens is 2. The van der Waals surface area contributed by atoms with E-state index in [9.17, 15) is 4.79 Å². The van der Waals surface area contributed by atoms with Crippen LogP contribution in [0.3, 0.4) is 0 Å². The summed E-state index contributed by atoms with van der Waals surface area (Å²) in [6.45, 7) is 5.41. The summed E-state index contributed by atoms with van der Waals surface area (Å²) in [4.78, 5) is 21.9. The summed E-state index contributed by atoms with van der Waals surface area (Å²) in [7, 11) is 0. The number of piperazine rings is 1. The molecule has 2 heterocycles. The van der Waals surface area contributed by atoms with E-state index in [-0.39, 0.29) is 5.91 Å². The highest BCUT2D eigenvalue weighted by molar-refractivity contribution is 5.96. The van der Waals surface area contributed by atoms with E-state index in [1.165, 1.54) is 12.5 Å². The van der Waals surface area contributed by atoms with Crippen molar-refractivity contribution in [3.05, 3.63) is 18.1 Å². The van der Waals surface area contributed by atoms with Crippen molar-refractivity contribution >= 4 is 5.91 Å². The summed E-state index contributed by atoms with van der Waals surface area (Å²) in [6, 6.07) is 0. The topological polar surface area (TPSA) is 67.4 Å². The van der Waals surface area contributed by atoms with Crippen LogP contribution >= 0.6 is 0 Å². The Bertz CT molecular complexity index is 391. The van der Waals surface area contributed by atoms with Crippen LogP contribution < -0.4 is 10.1 Å². The van der Waals surface area contributed by atoms with Gasteiger partial charge in [-0.25, -0.2) is 9.97 Å². The molecule has 1 aromatic rings. The smallest absolute Gasteiger partial charge is 0.261 e. The quantitative estimate of drug-likeness (QED) is 0.795. The third-order valence-electron chi connectivity index (χ3n) is 2.59. The molecule has 92 valence electrons. The number of rotatable bonds is 3. The molecule has 1 saturated heterocycles. The third-order valence-corrected chi connectivity index (χ3v) is 2.59. The zero-order valence-electron chi connectivity index (χ0n) is 9.85. The normalized spacial score (nSPS) is 15.7. The lowest BCUT2D eigenvalue weighted by Gasteiger charge is -2.27. The summed E-state index contributed by atoms with van der Waals surface area (Å²) >= 11 is 0. The van der Waals surface area contributed by atoms with Gasteiger partial charge in [-0.15, -0.1) is 0 Å². The van der Waals surface area contributed by atoms with Gasteiger partial charge in [-0.05, 0) is 6.92 Å². The minimum atomic E-state index is -0.0597. The van der Waals surface area contributed by atoms with Crippen LogP contribution in [0.25, 0.3) is 0 Å². The number of hydrogen-bond donors (Lipinski definition) is 1. The number of carbonyl (C=O) groups is 1. The van der Waals surface area contributed by atoms with Crippen molar-refractivity contribution in [2.45, 2.75) is 6.92 Å². The van der Waals surface area contributed by atoms with E-state index in [2.05, 4.69) is 15.3 Å². The number of hydrogen-bond acceptors (Lipinski definition) is 5. The molecule has 2 rings (SSSR count). The molecular weight excluding hydrogens is 220 g/mol. The SMILES string of the molecule is CCOc1ncncc1C(=O)N1CCNCC1. The third kappa shape index (κ3) is 2.71. The van der Waals surface area contributed by atoms with E-state index in [0.29, 0.717) is 31.1 Å². The molecule has 6 heteroatoms. The van der Waals surface area contributed by atoms with Gasteiger partial charge in [-0.1, -0.05) is 0 Å². The molecule has 0 aliphatic carbocycles. The average Bonchev–Trinajstić information content (AvgIpc) is 2.40. The van der Waals surface area contributed by atoms with Gasteiger partial charge >= 0.3 is 0 Å². The van der Waals surface area contributed by atoms with Crippen molar-refractivity contribution in [2.24, 2.45) is 0 Å². The second-order valence-corrected chi connectivity index (χ2v) is 3.72. The Kier molecular flexibility index (Phi) is 3.87. The van der Waals surface area contributed by atoms with Gasteiger partial charge in [0.25, 0.3) is 5.91 Å². The molecule has 1 aliphatic rings. The van der Waals surface area contributed by atoms with E-state index in [0.717, 1.165) is 13.1 Å². The highest BCUT2D eigenvalue weighted by atomic mass is 16.5. The van der Waals surface area contributed by atoms with E-state index < -0.39 is 0 Å². The van der Waals surface area contributed by atoms with Crippen molar-refractivity contribution in [3.8, 4) is 5.88 Å². The van der Waals surface area contributed by atoms with Gasteiger partial charge in [-0.2, -0.15) is 0 Å². The zero-order valence-corrected chi connectivity index (χ0v) is 9.85. The van der Waals surface area contributed by atoms with Gasteiger partial charge < -0.3 is 15.0 Å². The highest BCUT2D eigenvalue weighted by Gasteiger charge is 2.22. The highest BCUT2D eigenvalue weighted by Crippen LogP contribution is 2.15. The lowest BCUT2D eigenvalue weighted by atomic mass is 10.2. The van der Waals surface area contributed by atoms with Crippen LogP contribution in [0.1, 0.15) is 17.3 Å². The minimum absolute atomic E-state index is 0.0597. The fourth-order valence-corrected chi connectivity index (χ4v) is 1.76. The lowest BCUT2D eigenvalue weighted by molar-refractivity contribution is 0.0730. The molecule has 0 spiro atoms. The van der Waals surface area contributed by atoms with Crippen LogP contribution in [0.2, 0.25) is 0 Å². The lowest BCUT2D eigenvalue weighted by Crippen LogP contribution is -2.46. The van der Waals surface area contributed by atoms with Gasteiger partial charge in [-0.3, -0.25) is 4.79 Å². The maximum Gasteiger partial charge on any atom is 0.261 e. The monoisotopic (exact) mass is 236 g/mol. The fraction of sp³-hybridized carbons (Fsp3) is 0.545. The first-order valence-corrected chi connectivity index (χ1v) is 5.75. The average molecular weight is 236 g/mol. The predicted molar refractivity (Wildman–Crippen MR) is 62.0 cm³/mol. The standard InChI is InChI=1S/C11H16N4O2/c1-2-17-10-9(7-13-8-14-10)11(16)15-5-3-12-4-6-15/h7-8,12H,2-6H2,1H3. The first kappa shape index (κ1) is 11.8. The second kappa shape index (κ2) is 5.58. The number of nitrogens with one attached hydrogen (secondary N) is 1. The van der Waals surface area contributed by atoms with Crippen LogP contribution in [-0.2, 0) is 0 Å². The predicted octanol–water partition coefficient (Wildman–Crippen LogP) is -0.0793. The van der Waals surface area contributed by atoms with Gasteiger partial charge in [0, 0.05) is 32.4 Å². The second-order valence-electron chi connectivity index (χ2n) is 3.72. The Morgan fingerprint density at radius 1 is 1.53 bits per heavy atom. The number of carbonyl (C=O) groups excluding carboxylic acids is 1. The molecule has 1 amide bonds. The Morgan fingerprint density at radius 3 is 3.00 bits per heavy atom. The maximum atomic E-state index is 12.2. The van der Waals surface area contributed by atoms with Crippen LogP contribution in [0.15, 0.2) is 12.5 Å². The molecule has 0 bridgehead atoms. The van der Waals surface area contributed by atoms with Crippen molar-refractivity contribution in [3.63, 3.8) is 0 Å². The molecule has 0 radical (unpaired) electrons. The zero-order chi connectivity index (χ0) is 12.1. The molecule has 0 saturated carbocycles. The summed E-state index contributed by atoms with van der Waals surface area (Å²) in [5.74, 6) is 0.307. The molecule has 1 aliphatic heterocycles. The summed E-state index contributed by atoms with van der Waals surface area (Å²) in [6.07, 6.45) is 2.90. The van der Waals surface area contributed by atoms with Gasteiger partial charge in [0.05, 0.1) is 6.61 Å². The van der Waals surface area contributed by atoms with Crippen molar-refractivity contribution in [1.29, 1.82) is 0 Å². The first-order valence-electron chi connectivity index (χ1n) is 5.75. The van der Waals surface area contributed by atoms with Crippen molar-refractivity contribution in [2.75, 3.05) is 32.8 Å². The Morgan fingerprint density at radius 2 is 2.29 bits per heavy atom. The van der Waals surface area contributed by atoms with E-state index in [1.807, 2.05) is 6.92 Å². The maximum absolute atomic E-state index is 12.2. The van der Waals surface area contributed by atoms with Crippen LogP contribution in [-0.4, -0.2) is 53.6 Å². The van der Waals surface area contributed by atoms with Crippen LogP contribution in [0, 0.1) is 0 Å². The number of amides is 1. The molecule has 1 fully saturated rings. The van der Waals surface area contributed by atoms with E-state index in [1.54, 1.807) is 4.90 Å². The largest absolute Gasteiger partial charge is 0.477 e. The molecule has 0 atom stereocenters. The molecule has 1 aromatic heterocycles. The molecule has 0 unspecified atom stereocenters. The summed E-state index contributed by atoms with van der Waals surface area (Å²) in [5, 5.41) is 3.20. The van der Waals surface area contributed by atoms with Gasteiger partial charge in [0.1, 0.15) is 11.9 Å². The number of ether oxygens (including phenoxy) is 1.